The van der Waals surface area contributed by atoms with Crippen molar-refractivity contribution in [1.29, 1.82) is 0 Å². The van der Waals surface area contributed by atoms with E-state index in [4.69, 9.17) is 23.2 Å². The summed E-state index contributed by atoms with van der Waals surface area (Å²) < 4.78 is 0. The summed E-state index contributed by atoms with van der Waals surface area (Å²) in [4.78, 5) is 25.9. The van der Waals surface area contributed by atoms with Crippen molar-refractivity contribution in [2.75, 3.05) is 5.32 Å². The van der Waals surface area contributed by atoms with Crippen molar-refractivity contribution in [2.24, 2.45) is 0 Å². The van der Waals surface area contributed by atoms with Gasteiger partial charge < -0.3 is 5.32 Å². The first-order valence-corrected chi connectivity index (χ1v) is 6.09. The highest BCUT2D eigenvalue weighted by Crippen LogP contribution is 2.27. The van der Waals surface area contributed by atoms with E-state index in [1.807, 2.05) is 0 Å². The summed E-state index contributed by atoms with van der Waals surface area (Å²) in [6, 6.07) is 5.42. The third-order valence-electron chi connectivity index (χ3n) is 2.42. The lowest BCUT2D eigenvalue weighted by Crippen LogP contribution is -2.12. The lowest BCUT2D eigenvalue weighted by atomic mass is 10.2. The maximum Gasteiger partial charge on any atom is 0.289 e. The molecule has 0 saturated heterocycles. The van der Waals surface area contributed by atoms with Gasteiger partial charge >= 0.3 is 0 Å². The number of aromatic nitrogens is 1. The number of nitrogens with one attached hydrogen (secondary N) is 1. The molecule has 1 aromatic carbocycles. The van der Waals surface area contributed by atoms with Crippen LogP contribution in [-0.4, -0.2) is 15.8 Å². The highest BCUT2D eigenvalue weighted by Gasteiger charge is 2.15. The number of nitro groups is 1. The summed E-state index contributed by atoms with van der Waals surface area (Å²) >= 11 is 11.5. The van der Waals surface area contributed by atoms with Crippen LogP contribution in [0.25, 0.3) is 0 Å². The molecule has 0 spiro atoms. The molecule has 0 aliphatic carbocycles. The van der Waals surface area contributed by atoms with Gasteiger partial charge in [0.2, 0.25) is 0 Å². The summed E-state index contributed by atoms with van der Waals surface area (Å²) in [7, 11) is 0. The number of benzene rings is 1. The van der Waals surface area contributed by atoms with Crippen LogP contribution in [0, 0.1) is 10.1 Å². The molecule has 0 bridgehead atoms. The van der Waals surface area contributed by atoms with Crippen molar-refractivity contribution >= 4 is 40.5 Å². The van der Waals surface area contributed by atoms with Gasteiger partial charge in [-0.1, -0.05) is 23.2 Å². The predicted molar refractivity (Wildman–Crippen MR) is 75.3 cm³/mol. The van der Waals surface area contributed by atoms with Crippen LogP contribution in [0.1, 0.15) is 10.4 Å². The first kappa shape index (κ1) is 14.2. The molecule has 0 radical (unpaired) electrons. The fraction of sp³-hybridized carbons (Fsp3) is 0. The monoisotopic (exact) mass is 311 g/mol. The van der Waals surface area contributed by atoms with E-state index in [0.29, 0.717) is 0 Å². The van der Waals surface area contributed by atoms with Gasteiger partial charge in [-0.25, -0.2) is 0 Å². The van der Waals surface area contributed by atoms with Crippen LogP contribution in [0.15, 0.2) is 36.7 Å². The Hall–Kier alpha value is -2.18. The molecule has 0 aliphatic heterocycles. The molecular formula is C12H7Cl2N3O3. The number of hydrogen-bond acceptors (Lipinski definition) is 4. The van der Waals surface area contributed by atoms with Gasteiger partial charge in [-0.05, 0) is 18.2 Å². The second kappa shape index (κ2) is 5.85. The molecule has 102 valence electrons. The lowest BCUT2D eigenvalue weighted by molar-refractivity contribution is -0.384. The molecule has 2 rings (SSSR count). The molecule has 1 amide bonds. The van der Waals surface area contributed by atoms with E-state index >= 15 is 0 Å². The zero-order valence-electron chi connectivity index (χ0n) is 9.84. The van der Waals surface area contributed by atoms with E-state index in [-0.39, 0.29) is 27.0 Å². The number of anilines is 1. The quantitative estimate of drug-likeness (QED) is 0.693. The Balaban J connectivity index is 2.27. The molecule has 0 saturated carbocycles. The fourth-order valence-electron chi connectivity index (χ4n) is 1.49. The molecule has 6 nitrogen and oxygen atoms in total. The first-order chi connectivity index (χ1) is 9.49. The topological polar surface area (TPSA) is 85.1 Å². The molecular weight excluding hydrogens is 305 g/mol. The number of nitrogens with zero attached hydrogens (tertiary/aromatic N) is 2. The number of halogens is 2. The molecule has 8 heteroatoms. The molecule has 20 heavy (non-hydrogen) atoms. The highest BCUT2D eigenvalue weighted by atomic mass is 35.5. The second-order valence-corrected chi connectivity index (χ2v) is 4.55. The van der Waals surface area contributed by atoms with Gasteiger partial charge in [0.25, 0.3) is 11.6 Å². The molecule has 0 fully saturated rings. The van der Waals surface area contributed by atoms with Crippen LogP contribution in [-0.2, 0) is 0 Å². The molecule has 2 aromatic rings. The minimum Gasteiger partial charge on any atom is -0.322 e. The van der Waals surface area contributed by atoms with E-state index in [9.17, 15) is 14.9 Å². The van der Waals surface area contributed by atoms with Gasteiger partial charge in [0.15, 0.2) is 0 Å². The zero-order valence-corrected chi connectivity index (χ0v) is 11.4. The standard InChI is InChI=1S/C12H7Cl2N3O3/c13-9-2-1-7(5-11(9)17(19)20)16-12(18)8-3-4-15-6-10(8)14/h1-6H,(H,16,18). The van der Waals surface area contributed by atoms with E-state index in [1.165, 1.54) is 36.7 Å². The predicted octanol–water partition coefficient (Wildman–Crippen LogP) is 3.55. The SMILES string of the molecule is O=C(Nc1ccc(Cl)c([N+](=O)[O-])c1)c1ccncc1Cl. The maximum absolute atomic E-state index is 12.0. The Morgan fingerprint density at radius 1 is 1.25 bits per heavy atom. The van der Waals surface area contributed by atoms with E-state index in [1.54, 1.807) is 0 Å². The van der Waals surface area contributed by atoms with E-state index in [2.05, 4.69) is 10.3 Å². The number of rotatable bonds is 3. The van der Waals surface area contributed by atoms with Crippen LogP contribution < -0.4 is 5.32 Å². The molecule has 1 heterocycles. The van der Waals surface area contributed by atoms with E-state index in [0.717, 1.165) is 0 Å². The van der Waals surface area contributed by atoms with Crippen molar-refractivity contribution in [1.82, 2.24) is 4.98 Å². The number of carbonyl (C=O) groups is 1. The Morgan fingerprint density at radius 2 is 2.00 bits per heavy atom. The van der Waals surface area contributed by atoms with Gasteiger partial charge in [-0.3, -0.25) is 19.9 Å². The largest absolute Gasteiger partial charge is 0.322 e. The van der Waals surface area contributed by atoms with Crippen LogP contribution in [0.5, 0.6) is 0 Å². The van der Waals surface area contributed by atoms with Crippen molar-refractivity contribution in [2.45, 2.75) is 0 Å². The van der Waals surface area contributed by atoms with Gasteiger partial charge in [-0.2, -0.15) is 0 Å². The summed E-state index contributed by atoms with van der Waals surface area (Å²) in [6.45, 7) is 0. The molecule has 1 N–H and O–H groups in total. The number of hydrogen-bond donors (Lipinski definition) is 1. The number of carbonyl (C=O) groups excluding carboxylic acids is 1. The summed E-state index contributed by atoms with van der Waals surface area (Å²) in [5.74, 6) is -0.492. The second-order valence-electron chi connectivity index (χ2n) is 3.73. The molecule has 0 aliphatic rings. The summed E-state index contributed by atoms with van der Waals surface area (Å²) in [5.41, 5.74) is 0.184. The first-order valence-electron chi connectivity index (χ1n) is 5.34. The van der Waals surface area contributed by atoms with Crippen LogP contribution in [0.2, 0.25) is 10.0 Å². The lowest BCUT2D eigenvalue weighted by Gasteiger charge is -2.06. The van der Waals surface area contributed by atoms with E-state index < -0.39 is 10.8 Å². The van der Waals surface area contributed by atoms with Crippen molar-refractivity contribution in [3.8, 4) is 0 Å². The Morgan fingerprint density at radius 3 is 2.65 bits per heavy atom. The average molecular weight is 312 g/mol. The number of pyridine rings is 1. The van der Waals surface area contributed by atoms with Gasteiger partial charge in [0.1, 0.15) is 5.02 Å². The number of nitro benzene ring substituents is 1. The number of amides is 1. The van der Waals surface area contributed by atoms with Crippen molar-refractivity contribution < 1.29 is 9.72 Å². The molecule has 0 atom stereocenters. The Labute approximate surface area is 123 Å². The normalized spacial score (nSPS) is 10.1. The van der Waals surface area contributed by atoms with Crippen molar-refractivity contribution in [3.05, 3.63) is 62.4 Å². The van der Waals surface area contributed by atoms with Gasteiger partial charge in [-0.15, -0.1) is 0 Å². The third-order valence-corrected chi connectivity index (χ3v) is 3.04. The highest BCUT2D eigenvalue weighted by molar-refractivity contribution is 6.34. The molecule has 0 unspecified atom stereocenters. The fourth-order valence-corrected chi connectivity index (χ4v) is 1.88. The molecule has 1 aromatic heterocycles. The summed E-state index contributed by atoms with van der Waals surface area (Å²) in [6.07, 6.45) is 2.76. The smallest absolute Gasteiger partial charge is 0.289 e. The minimum absolute atomic E-state index is 0.00468. The zero-order chi connectivity index (χ0) is 14.7. The van der Waals surface area contributed by atoms with Crippen LogP contribution in [0.3, 0.4) is 0 Å². The van der Waals surface area contributed by atoms with Crippen LogP contribution >= 0.6 is 23.2 Å². The van der Waals surface area contributed by atoms with Gasteiger partial charge in [0.05, 0.1) is 15.5 Å². The maximum atomic E-state index is 12.0. The third kappa shape index (κ3) is 3.04. The van der Waals surface area contributed by atoms with Gasteiger partial charge in [0, 0.05) is 24.1 Å². The Kier molecular flexibility index (Phi) is 4.16. The summed E-state index contributed by atoms with van der Waals surface area (Å²) in [5, 5.41) is 13.5. The average Bonchev–Trinajstić information content (AvgIpc) is 2.41. The van der Waals surface area contributed by atoms with Crippen molar-refractivity contribution in [3.63, 3.8) is 0 Å². The van der Waals surface area contributed by atoms with Crippen LogP contribution in [0.4, 0.5) is 11.4 Å². The minimum atomic E-state index is -0.628. The Bertz CT molecular complexity index is 691.